The lowest BCUT2D eigenvalue weighted by atomic mass is 9.72. The van der Waals surface area contributed by atoms with Gasteiger partial charge in [-0.05, 0) is 44.5 Å². The van der Waals surface area contributed by atoms with Crippen LogP contribution in [0.3, 0.4) is 0 Å². The second-order valence-corrected chi connectivity index (χ2v) is 9.12. The first-order valence-electron chi connectivity index (χ1n) is 11.6. The fraction of sp³-hybridized carbons (Fsp3) is 0.296. The number of ketones is 2. The molecule has 2 N–H and O–H groups in total. The smallest absolute Gasteiger partial charge is 0.246 e. The topological polar surface area (TPSA) is 72.6 Å². The van der Waals surface area contributed by atoms with Gasteiger partial charge in [0.15, 0.2) is 23.1 Å². The lowest BCUT2D eigenvalue weighted by Crippen LogP contribution is -2.72. The van der Waals surface area contributed by atoms with E-state index in [2.05, 4.69) is 15.2 Å². The standard InChI is InChI=1S/C27H25N3O3/c1-16-8-9-19-21(14-16)33-22-15-20(28-10-13-30-11-4-5-12-30)23-24(25(22)29-19)27(32)18-7-3-2-6-17(18)26(23)31/h2-3,6-9,14-15,24,28H,4-5,10-13H2,1H3/p+1. The third kappa shape index (κ3) is 3.33. The summed E-state index contributed by atoms with van der Waals surface area (Å²) in [6.07, 6.45) is 4.35. The Bertz CT molecular complexity index is 1280. The molecular formula is C27H26N3O3+. The minimum Gasteiger partial charge on any atom is -0.444 e. The third-order valence-corrected chi connectivity index (χ3v) is 6.92. The summed E-state index contributed by atoms with van der Waals surface area (Å²) in [6, 6.07) is 13.0. The van der Waals surface area contributed by atoms with Crippen molar-refractivity contribution in [3.8, 4) is 5.75 Å². The molecule has 166 valence electrons. The lowest BCUT2D eigenvalue weighted by Gasteiger charge is -2.31. The van der Waals surface area contributed by atoms with Crippen LogP contribution in [0.5, 0.6) is 5.75 Å². The van der Waals surface area contributed by atoms with Gasteiger partial charge in [-0.3, -0.25) is 9.59 Å². The molecule has 0 radical (unpaired) electrons. The number of allylic oxidation sites excluding steroid dienone is 3. The van der Waals surface area contributed by atoms with Gasteiger partial charge in [0.25, 0.3) is 0 Å². The number of likely N-dealkylation sites (tertiary alicyclic amines) is 1. The second-order valence-electron chi connectivity index (χ2n) is 9.12. The molecule has 0 spiro atoms. The van der Waals surface area contributed by atoms with Crippen molar-refractivity contribution in [2.24, 2.45) is 5.92 Å². The van der Waals surface area contributed by atoms with Crippen molar-refractivity contribution in [1.29, 1.82) is 0 Å². The zero-order chi connectivity index (χ0) is 22.5. The van der Waals surface area contributed by atoms with E-state index in [4.69, 9.17) is 4.74 Å². The number of aryl methyl sites for hydroxylation is 1. The molecule has 2 aliphatic heterocycles. The Morgan fingerprint density at radius 2 is 1.88 bits per heavy atom. The maximum Gasteiger partial charge on any atom is 0.246 e. The highest BCUT2D eigenvalue weighted by Gasteiger charge is 2.49. The summed E-state index contributed by atoms with van der Waals surface area (Å²) in [5.74, 6) is 0.423. The molecule has 1 fully saturated rings. The molecule has 2 heterocycles. The zero-order valence-electron chi connectivity index (χ0n) is 18.6. The quantitative estimate of drug-likeness (QED) is 0.762. The van der Waals surface area contributed by atoms with Crippen molar-refractivity contribution in [1.82, 2.24) is 10.2 Å². The van der Waals surface area contributed by atoms with Gasteiger partial charge in [0.1, 0.15) is 5.92 Å². The van der Waals surface area contributed by atoms with Crippen molar-refractivity contribution < 1.29 is 19.3 Å². The Morgan fingerprint density at radius 1 is 1.09 bits per heavy atom. The van der Waals surface area contributed by atoms with Gasteiger partial charge in [-0.2, -0.15) is 0 Å². The summed E-state index contributed by atoms with van der Waals surface area (Å²) in [6.45, 7) is 5.85. The predicted molar refractivity (Wildman–Crippen MR) is 125 cm³/mol. The van der Waals surface area contributed by atoms with Gasteiger partial charge in [-0.1, -0.05) is 30.3 Å². The molecule has 2 aromatic carbocycles. The van der Waals surface area contributed by atoms with Crippen LogP contribution >= 0.6 is 0 Å². The van der Waals surface area contributed by atoms with E-state index in [-0.39, 0.29) is 11.6 Å². The largest absolute Gasteiger partial charge is 0.444 e. The van der Waals surface area contributed by atoms with E-state index in [1.54, 1.807) is 18.2 Å². The number of hydrogen-bond donors (Lipinski definition) is 2. The Hall–Kier alpha value is -3.51. The number of carbonyl (C=O) groups is 2. The molecule has 0 amide bonds. The average molecular weight is 441 g/mol. The molecule has 0 saturated carbocycles. The summed E-state index contributed by atoms with van der Waals surface area (Å²) in [5.41, 5.74) is 4.66. The molecule has 1 unspecified atom stereocenters. The monoisotopic (exact) mass is 440 g/mol. The van der Waals surface area contributed by atoms with Gasteiger partial charge in [-0.25, -0.2) is 4.99 Å². The molecule has 1 atom stereocenters. The molecule has 6 rings (SSSR count). The lowest BCUT2D eigenvalue weighted by molar-refractivity contribution is -0.361. The van der Waals surface area contributed by atoms with Gasteiger partial charge < -0.3 is 15.0 Å². The molecule has 4 aliphatic rings. The van der Waals surface area contributed by atoms with Gasteiger partial charge in [0.05, 0.1) is 0 Å². The van der Waals surface area contributed by atoms with Crippen molar-refractivity contribution >= 4 is 23.0 Å². The van der Waals surface area contributed by atoms with E-state index in [1.807, 2.05) is 37.3 Å². The Balaban J connectivity index is 1.44. The van der Waals surface area contributed by atoms with Crippen LogP contribution in [-0.4, -0.2) is 48.4 Å². The van der Waals surface area contributed by atoms with Gasteiger partial charge in [0.2, 0.25) is 11.4 Å². The van der Waals surface area contributed by atoms with E-state index >= 15 is 0 Å². The Kier molecular flexibility index (Phi) is 4.76. The minimum absolute atomic E-state index is 0.0775. The Morgan fingerprint density at radius 3 is 2.70 bits per heavy atom. The zero-order valence-corrected chi connectivity index (χ0v) is 18.6. The maximum atomic E-state index is 13.7. The maximum absolute atomic E-state index is 13.7. The highest BCUT2D eigenvalue weighted by Crippen LogP contribution is 2.38. The summed E-state index contributed by atoms with van der Waals surface area (Å²) in [4.78, 5) is 33.1. The van der Waals surface area contributed by atoms with Crippen LogP contribution in [0.2, 0.25) is 0 Å². The first-order chi connectivity index (χ1) is 16.1. The highest BCUT2D eigenvalue weighted by atomic mass is 16.5. The number of nitrogens with one attached hydrogen (secondary N) is 2. The average Bonchev–Trinajstić information content (AvgIpc) is 3.34. The highest BCUT2D eigenvalue weighted by molar-refractivity contribution is 6.32. The van der Waals surface area contributed by atoms with Gasteiger partial charge in [-0.15, -0.1) is 0 Å². The van der Waals surface area contributed by atoms with Crippen LogP contribution in [0.4, 0.5) is 5.69 Å². The van der Waals surface area contributed by atoms with Crippen molar-refractivity contribution in [3.63, 3.8) is 0 Å². The van der Waals surface area contributed by atoms with E-state index in [1.165, 1.54) is 12.8 Å². The van der Waals surface area contributed by atoms with Crippen LogP contribution in [0, 0.1) is 12.8 Å². The fourth-order valence-electron chi connectivity index (χ4n) is 5.24. The summed E-state index contributed by atoms with van der Waals surface area (Å²) >= 11 is 0. The Labute approximate surface area is 192 Å². The molecule has 6 nitrogen and oxygen atoms in total. The number of ether oxygens (including phenoxy) is 1. The van der Waals surface area contributed by atoms with E-state index in [0.717, 1.165) is 36.6 Å². The molecular weight excluding hydrogens is 414 g/mol. The summed E-state index contributed by atoms with van der Waals surface area (Å²) in [5, 5.41) is 3.47. The SMILES string of the molecule is Cc1ccc2c(c1)OC1=CC(NCCN3CCCC3)=C3C(=O)c4ccccc4C(=O)C3C1=[NH+]2. The number of hydrogen-bond acceptors (Lipinski definition) is 5. The van der Waals surface area contributed by atoms with Gasteiger partial charge >= 0.3 is 0 Å². The van der Waals surface area contributed by atoms with Gasteiger partial charge in [0, 0.05) is 47.6 Å². The van der Waals surface area contributed by atoms with Crippen molar-refractivity contribution in [2.75, 3.05) is 26.2 Å². The van der Waals surface area contributed by atoms with Crippen molar-refractivity contribution in [2.45, 2.75) is 19.8 Å². The van der Waals surface area contributed by atoms with E-state index < -0.39 is 5.92 Å². The molecule has 0 aromatic heterocycles. The first-order valence-corrected chi connectivity index (χ1v) is 11.6. The predicted octanol–water partition coefficient (Wildman–Crippen LogP) is 2.07. The van der Waals surface area contributed by atoms with Crippen LogP contribution in [0.25, 0.3) is 0 Å². The molecule has 2 aliphatic carbocycles. The van der Waals surface area contributed by atoms with Crippen LogP contribution < -0.4 is 15.0 Å². The number of benzene rings is 2. The first kappa shape index (κ1) is 20.1. The van der Waals surface area contributed by atoms with Crippen molar-refractivity contribution in [3.05, 3.63) is 82.3 Å². The minimum atomic E-state index is -0.712. The normalized spacial score (nSPS) is 21.4. The van der Waals surface area contributed by atoms with E-state index in [0.29, 0.717) is 40.4 Å². The molecule has 6 heteroatoms. The number of rotatable bonds is 4. The van der Waals surface area contributed by atoms with E-state index in [9.17, 15) is 9.59 Å². The number of Topliss-reactive ketones (excluding diaryl/α,β-unsaturated/α-hetero) is 2. The number of nitrogens with zero attached hydrogens (tertiary/aromatic N) is 1. The molecule has 2 aromatic rings. The molecule has 1 saturated heterocycles. The summed E-state index contributed by atoms with van der Waals surface area (Å²) in [7, 11) is 0. The van der Waals surface area contributed by atoms with Crippen LogP contribution in [-0.2, 0) is 0 Å². The van der Waals surface area contributed by atoms with Crippen LogP contribution in [0.1, 0.15) is 39.1 Å². The molecule has 33 heavy (non-hydrogen) atoms. The number of carbonyl (C=O) groups excluding carboxylic acids is 2. The number of fused-ring (bicyclic) bond motifs is 5. The van der Waals surface area contributed by atoms with Crippen LogP contribution in [0.15, 0.2) is 65.6 Å². The molecule has 0 bridgehead atoms. The second kappa shape index (κ2) is 7.81. The summed E-state index contributed by atoms with van der Waals surface area (Å²) < 4.78 is 6.26. The third-order valence-electron chi connectivity index (χ3n) is 6.92. The fourth-order valence-corrected chi connectivity index (χ4v) is 5.24.